The number of amides is 1. The number of allylic oxidation sites excluding steroid dienone is 1. The molecule has 6 heteroatoms. The van der Waals surface area contributed by atoms with Crippen molar-refractivity contribution in [3.05, 3.63) is 127 Å². The summed E-state index contributed by atoms with van der Waals surface area (Å²) in [6.45, 7) is 10.2. The van der Waals surface area contributed by atoms with Crippen LogP contribution in [0.5, 0.6) is 0 Å². The number of rotatable bonds is 12. The van der Waals surface area contributed by atoms with Crippen LogP contribution in [0.15, 0.2) is 110 Å². The van der Waals surface area contributed by atoms with Crippen molar-refractivity contribution in [1.29, 1.82) is 0 Å². The highest BCUT2D eigenvalue weighted by Gasteiger charge is 2.31. The predicted molar refractivity (Wildman–Crippen MR) is 168 cm³/mol. The molecule has 1 atom stereocenters. The van der Waals surface area contributed by atoms with Gasteiger partial charge in [-0.15, -0.1) is 6.58 Å². The van der Waals surface area contributed by atoms with Gasteiger partial charge in [0.25, 0.3) is 5.91 Å². The fraction of sp³-hybridized carbons (Fsp3) is 0.222. The van der Waals surface area contributed by atoms with Crippen molar-refractivity contribution >= 4 is 17.6 Å². The minimum atomic E-state index is -0.410. The average molecular weight is 565 g/mol. The third-order valence-electron chi connectivity index (χ3n) is 6.98. The van der Waals surface area contributed by atoms with Crippen molar-refractivity contribution in [2.24, 2.45) is 0 Å². The molecular weight excluding hydrogens is 527 g/mol. The van der Waals surface area contributed by atoms with Gasteiger partial charge in [-0.1, -0.05) is 74.5 Å². The zero-order valence-corrected chi connectivity index (χ0v) is 24.3. The lowest BCUT2D eigenvalue weighted by atomic mass is 9.94. The van der Waals surface area contributed by atoms with E-state index in [9.17, 15) is 14.0 Å². The van der Waals surface area contributed by atoms with Crippen LogP contribution >= 0.6 is 0 Å². The van der Waals surface area contributed by atoms with E-state index in [2.05, 4.69) is 30.3 Å². The SMILES string of the molecule is C=CCC(CCn1c(-c2ccc(F)cc2)c(-c2ccccc2)c(C(=O)Nc2ccccc2)c1C(C)C)OC(=O)/C=C/C. The maximum atomic E-state index is 14.2. The zero-order valence-electron chi connectivity index (χ0n) is 24.3. The third kappa shape index (κ3) is 7.13. The number of hydrogen-bond donors (Lipinski definition) is 1. The Kier molecular flexibility index (Phi) is 10.3. The van der Waals surface area contributed by atoms with E-state index in [1.54, 1.807) is 31.2 Å². The van der Waals surface area contributed by atoms with Gasteiger partial charge in [-0.3, -0.25) is 4.79 Å². The Balaban J connectivity index is 1.94. The Morgan fingerprint density at radius 3 is 2.19 bits per heavy atom. The van der Waals surface area contributed by atoms with Gasteiger partial charge in [0.1, 0.15) is 11.9 Å². The fourth-order valence-corrected chi connectivity index (χ4v) is 5.23. The van der Waals surface area contributed by atoms with Crippen LogP contribution in [0.25, 0.3) is 22.4 Å². The molecule has 0 saturated heterocycles. The van der Waals surface area contributed by atoms with Gasteiger partial charge in [0.15, 0.2) is 0 Å². The molecule has 216 valence electrons. The van der Waals surface area contributed by atoms with E-state index in [0.717, 1.165) is 28.1 Å². The molecule has 1 N–H and O–H groups in total. The summed E-state index contributed by atoms with van der Waals surface area (Å²) < 4.78 is 22.0. The number of anilines is 1. The second-order valence-corrected chi connectivity index (χ2v) is 10.4. The topological polar surface area (TPSA) is 60.3 Å². The molecular formula is C36H37FN2O3. The molecule has 0 aliphatic carbocycles. The van der Waals surface area contributed by atoms with Crippen molar-refractivity contribution in [2.45, 2.75) is 52.2 Å². The first kappa shape index (κ1) is 30.3. The van der Waals surface area contributed by atoms with Crippen LogP contribution in [0.1, 0.15) is 55.6 Å². The van der Waals surface area contributed by atoms with Gasteiger partial charge in [0, 0.05) is 42.4 Å². The monoisotopic (exact) mass is 564 g/mol. The number of para-hydroxylation sites is 1. The molecule has 0 bridgehead atoms. The molecule has 42 heavy (non-hydrogen) atoms. The molecule has 0 saturated carbocycles. The summed E-state index contributed by atoms with van der Waals surface area (Å²) in [5.41, 5.74) is 5.32. The summed E-state index contributed by atoms with van der Waals surface area (Å²) in [4.78, 5) is 26.5. The van der Waals surface area contributed by atoms with Gasteiger partial charge in [-0.05, 0) is 60.4 Å². The van der Waals surface area contributed by atoms with Crippen molar-refractivity contribution in [3.63, 3.8) is 0 Å². The Morgan fingerprint density at radius 2 is 1.60 bits per heavy atom. The maximum absolute atomic E-state index is 14.2. The summed E-state index contributed by atoms with van der Waals surface area (Å²) in [6, 6.07) is 25.5. The van der Waals surface area contributed by atoms with Gasteiger partial charge in [-0.25, -0.2) is 9.18 Å². The molecule has 1 heterocycles. The van der Waals surface area contributed by atoms with E-state index >= 15 is 0 Å². The highest BCUT2D eigenvalue weighted by molar-refractivity contribution is 6.12. The van der Waals surface area contributed by atoms with Crippen molar-refractivity contribution < 1.29 is 18.7 Å². The second kappa shape index (κ2) is 14.3. The maximum Gasteiger partial charge on any atom is 0.330 e. The fourth-order valence-electron chi connectivity index (χ4n) is 5.23. The van der Waals surface area contributed by atoms with E-state index in [1.807, 2.05) is 60.7 Å². The van der Waals surface area contributed by atoms with Gasteiger partial charge >= 0.3 is 5.97 Å². The Hall–Kier alpha value is -4.71. The quantitative estimate of drug-likeness (QED) is 0.106. The minimum Gasteiger partial charge on any atom is -0.459 e. The number of nitrogens with one attached hydrogen (secondary N) is 1. The molecule has 0 aliphatic rings. The predicted octanol–water partition coefficient (Wildman–Crippen LogP) is 8.79. The molecule has 0 radical (unpaired) electrons. The molecule has 1 aromatic heterocycles. The Bertz CT molecular complexity index is 1540. The van der Waals surface area contributed by atoms with Gasteiger partial charge in [-0.2, -0.15) is 0 Å². The lowest BCUT2D eigenvalue weighted by Crippen LogP contribution is -2.20. The third-order valence-corrected chi connectivity index (χ3v) is 6.98. The number of benzene rings is 3. The average Bonchev–Trinajstić information content (AvgIpc) is 3.33. The summed E-state index contributed by atoms with van der Waals surface area (Å²) in [7, 11) is 0. The molecule has 0 fully saturated rings. The highest BCUT2D eigenvalue weighted by Crippen LogP contribution is 2.42. The molecule has 1 amide bonds. The second-order valence-electron chi connectivity index (χ2n) is 10.4. The van der Waals surface area contributed by atoms with Crippen LogP contribution in [0.2, 0.25) is 0 Å². The Labute approximate surface area is 247 Å². The van der Waals surface area contributed by atoms with Gasteiger partial charge in [0.05, 0.1) is 11.3 Å². The van der Waals surface area contributed by atoms with E-state index in [-0.39, 0.29) is 17.6 Å². The molecule has 4 aromatic rings. The number of nitrogens with zero attached hydrogens (tertiary/aromatic N) is 1. The first-order valence-electron chi connectivity index (χ1n) is 14.2. The zero-order chi connectivity index (χ0) is 30.1. The number of carbonyl (C=O) groups excluding carboxylic acids is 2. The summed E-state index contributed by atoms with van der Waals surface area (Å²) in [5, 5.41) is 3.09. The van der Waals surface area contributed by atoms with E-state index in [1.165, 1.54) is 18.2 Å². The first-order valence-corrected chi connectivity index (χ1v) is 14.2. The van der Waals surface area contributed by atoms with Gasteiger partial charge < -0.3 is 14.6 Å². The molecule has 4 rings (SSSR count). The standard InChI is InChI=1S/C36H37FN2O3/c1-5-13-30(42-31(40)14-6-2)23-24-39-34(25(3)4)33(36(41)38-29-17-11-8-12-18-29)32(26-15-9-7-10-16-26)35(39)27-19-21-28(37)22-20-27/h5-12,14-22,25,30H,1,13,23-24H2,2-4H3,(H,38,41)/b14-6+. The van der Waals surface area contributed by atoms with Crippen molar-refractivity contribution in [1.82, 2.24) is 4.57 Å². The Morgan fingerprint density at radius 1 is 0.952 bits per heavy atom. The van der Waals surface area contributed by atoms with Crippen LogP contribution < -0.4 is 5.32 Å². The van der Waals surface area contributed by atoms with E-state index in [0.29, 0.717) is 30.6 Å². The van der Waals surface area contributed by atoms with Crippen LogP contribution in [0.4, 0.5) is 10.1 Å². The van der Waals surface area contributed by atoms with Crippen molar-refractivity contribution in [3.8, 4) is 22.4 Å². The summed E-state index contributed by atoms with van der Waals surface area (Å²) >= 11 is 0. The van der Waals surface area contributed by atoms with Gasteiger partial charge in [0.2, 0.25) is 0 Å². The van der Waals surface area contributed by atoms with Crippen LogP contribution in [0.3, 0.4) is 0 Å². The molecule has 0 spiro atoms. The number of hydrogen-bond acceptors (Lipinski definition) is 3. The number of halogens is 1. The first-order chi connectivity index (χ1) is 20.3. The number of aromatic nitrogens is 1. The number of esters is 1. The largest absolute Gasteiger partial charge is 0.459 e. The van der Waals surface area contributed by atoms with E-state index < -0.39 is 12.1 Å². The number of ether oxygens (including phenoxy) is 1. The van der Waals surface area contributed by atoms with Crippen LogP contribution in [0, 0.1) is 5.82 Å². The van der Waals surface area contributed by atoms with Crippen molar-refractivity contribution in [2.75, 3.05) is 5.32 Å². The smallest absolute Gasteiger partial charge is 0.330 e. The molecule has 0 aliphatic heterocycles. The lowest BCUT2D eigenvalue weighted by Gasteiger charge is -2.21. The normalized spacial score (nSPS) is 11.9. The molecule has 3 aromatic carbocycles. The minimum absolute atomic E-state index is 0.0402. The van der Waals surface area contributed by atoms with Crippen LogP contribution in [-0.2, 0) is 16.1 Å². The lowest BCUT2D eigenvalue weighted by molar-refractivity contribution is -0.143. The summed E-state index contributed by atoms with van der Waals surface area (Å²) in [6.07, 6.45) is 5.35. The molecule has 1 unspecified atom stereocenters. The van der Waals surface area contributed by atoms with E-state index in [4.69, 9.17) is 4.74 Å². The molecule has 5 nitrogen and oxygen atoms in total. The highest BCUT2D eigenvalue weighted by atomic mass is 19.1. The summed E-state index contributed by atoms with van der Waals surface area (Å²) in [5.74, 6) is -1.02. The van der Waals surface area contributed by atoms with Crippen LogP contribution in [-0.4, -0.2) is 22.5 Å². The number of carbonyl (C=O) groups is 2.